The van der Waals surface area contributed by atoms with Gasteiger partial charge in [0, 0.05) is 16.0 Å². The Morgan fingerprint density at radius 2 is 1.94 bits per heavy atom. The van der Waals surface area contributed by atoms with Crippen molar-refractivity contribution in [2.45, 2.75) is 6.92 Å². The lowest BCUT2D eigenvalue weighted by Crippen LogP contribution is -2.00. The second kappa shape index (κ2) is 4.70. The number of Topliss-reactive ketones (excluding diaryl/α,β-unsaturated/α-hetero) is 1. The van der Waals surface area contributed by atoms with E-state index in [4.69, 9.17) is 5.11 Å². The van der Waals surface area contributed by atoms with E-state index in [0.29, 0.717) is 10.4 Å². The van der Waals surface area contributed by atoms with Crippen molar-refractivity contribution in [3.63, 3.8) is 0 Å². The summed E-state index contributed by atoms with van der Waals surface area (Å²) < 4.78 is 13.1. The van der Waals surface area contributed by atoms with Crippen LogP contribution in [0.4, 0.5) is 4.39 Å². The molecule has 3 nitrogen and oxygen atoms in total. The number of carboxylic acids is 1. The molecule has 2 aromatic rings. The molecule has 0 spiro atoms. The molecule has 0 atom stereocenters. The van der Waals surface area contributed by atoms with Gasteiger partial charge in [-0.15, -0.1) is 11.3 Å². The highest BCUT2D eigenvalue weighted by Gasteiger charge is 2.18. The molecule has 92 valence electrons. The Morgan fingerprint density at radius 1 is 1.22 bits per heavy atom. The van der Waals surface area contributed by atoms with Crippen molar-refractivity contribution in [3.05, 3.63) is 46.6 Å². The van der Waals surface area contributed by atoms with Crippen LogP contribution in [0.5, 0.6) is 0 Å². The van der Waals surface area contributed by atoms with Crippen LogP contribution in [0.2, 0.25) is 0 Å². The number of hydrogen-bond donors (Lipinski definition) is 1. The smallest absolute Gasteiger partial charge is 0.337 e. The quantitative estimate of drug-likeness (QED) is 0.864. The minimum absolute atomic E-state index is 0.120. The molecule has 0 unspecified atom stereocenters. The second-order valence-electron chi connectivity index (χ2n) is 3.71. The van der Waals surface area contributed by atoms with Gasteiger partial charge in [-0.3, -0.25) is 4.79 Å². The Kier molecular flexibility index (Phi) is 3.25. The van der Waals surface area contributed by atoms with E-state index in [0.717, 1.165) is 6.07 Å². The van der Waals surface area contributed by atoms with Crippen molar-refractivity contribution in [1.29, 1.82) is 0 Å². The summed E-state index contributed by atoms with van der Waals surface area (Å²) >= 11 is 1.21. The molecule has 0 aliphatic heterocycles. The molecule has 1 N–H and O–H groups in total. The molecule has 0 aliphatic carbocycles. The van der Waals surface area contributed by atoms with Gasteiger partial charge in [-0.2, -0.15) is 0 Å². The fourth-order valence-electron chi connectivity index (χ4n) is 1.69. The van der Waals surface area contributed by atoms with Crippen LogP contribution < -0.4 is 0 Å². The van der Waals surface area contributed by atoms with Gasteiger partial charge in [-0.05, 0) is 36.6 Å². The molecule has 0 radical (unpaired) electrons. The van der Waals surface area contributed by atoms with Gasteiger partial charge in [0.1, 0.15) is 5.82 Å². The van der Waals surface area contributed by atoms with Crippen LogP contribution in [0.15, 0.2) is 29.6 Å². The largest absolute Gasteiger partial charge is 0.478 e. The van der Waals surface area contributed by atoms with Gasteiger partial charge in [-0.25, -0.2) is 9.18 Å². The van der Waals surface area contributed by atoms with E-state index in [2.05, 4.69) is 0 Å². The number of ketones is 1. The van der Waals surface area contributed by atoms with E-state index in [1.807, 2.05) is 0 Å². The molecule has 1 aromatic heterocycles. The summed E-state index contributed by atoms with van der Waals surface area (Å²) in [5.74, 6) is -1.88. The lowest BCUT2D eigenvalue weighted by atomic mass is 10.0. The Bertz CT molecular complexity index is 631. The maximum atomic E-state index is 13.1. The average molecular weight is 264 g/mol. The number of halogens is 1. The first-order valence-electron chi connectivity index (χ1n) is 5.12. The minimum Gasteiger partial charge on any atom is -0.478 e. The number of rotatable bonds is 3. The number of thiophene rings is 1. The topological polar surface area (TPSA) is 54.4 Å². The van der Waals surface area contributed by atoms with Crippen molar-refractivity contribution in [1.82, 2.24) is 0 Å². The first kappa shape index (κ1) is 12.4. The molecule has 0 fully saturated rings. The summed E-state index contributed by atoms with van der Waals surface area (Å²) in [5, 5.41) is 10.7. The molecule has 1 heterocycles. The SMILES string of the molecule is CC(=O)c1cc(F)ccc1-c1sccc1C(=O)O. The number of carbonyl (C=O) groups excluding carboxylic acids is 1. The number of carboxylic acid groups (broad SMARTS) is 1. The molecule has 0 saturated carbocycles. The molecule has 5 heteroatoms. The molecule has 0 aliphatic rings. The Hall–Kier alpha value is -2.01. The summed E-state index contributed by atoms with van der Waals surface area (Å²) in [4.78, 5) is 23.0. The highest BCUT2D eigenvalue weighted by atomic mass is 32.1. The molecule has 2 rings (SSSR count). The molecule has 0 bridgehead atoms. The third-order valence-electron chi connectivity index (χ3n) is 2.50. The van der Waals surface area contributed by atoms with Crippen LogP contribution in [0.3, 0.4) is 0 Å². The van der Waals surface area contributed by atoms with Gasteiger partial charge in [0.05, 0.1) is 5.56 Å². The molecule has 1 aromatic carbocycles. The lowest BCUT2D eigenvalue weighted by molar-refractivity contribution is 0.0698. The zero-order valence-corrected chi connectivity index (χ0v) is 10.3. The fraction of sp³-hybridized carbons (Fsp3) is 0.0769. The molecule has 0 saturated heterocycles. The molecular formula is C13H9FO3S. The van der Waals surface area contributed by atoms with Crippen molar-refractivity contribution in [3.8, 4) is 10.4 Å². The van der Waals surface area contributed by atoms with Crippen LogP contribution in [0.25, 0.3) is 10.4 Å². The third-order valence-corrected chi connectivity index (χ3v) is 3.45. The van der Waals surface area contributed by atoms with E-state index < -0.39 is 11.8 Å². The normalized spacial score (nSPS) is 10.3. The molecule has 18 heavy (non-hydrogen) atoms. The molecule has 0 amide bonds. The van der Waals surface area contributed by atoms with Gasteiger partial charge >= 0.3 is 5.97 Å². The highest BCUT2D eigenvalue weighted by molar-refractivity contribution is 7.14. The summed E-state index contributed by atoms with van der Waals surface area (Å²) in [6.45, 7) is 1.33. The maximum absolute atomic E-state index is 13.1. The van der Waals surface area contributed by atoms with Gasteiger partial charge in [0.2, 0.25) is 0 Å². The van der Waals surface area contributed by atoms with E-state index in [-0.39, 0.29) is 16.9 Å². The fourth-order valence-corrected chi connectivity index (χ4v) is 2.62. The first-order valence-corrected chi connectivity index (χ1v) is 6.00. The summed E-state index contributed by atoms with van der Waals surface area (Å²) in [7, 11) is 0. The second-order valence-corrected chi connectivity index (χ2v) is 4.63. The van der Waals surface area contributed by atoms with Crippen molar-refractivity contribution in [2.24, 2.45) is 0 Å². The number of aromatic carboxylic acids is 1. The number of benzene rings is 1. The van der Waals surface area contributed by atoms with E-state index in [1.54, 1.807) is 5.38 Å². The number of carbonyl (C=O) groups is 2. The van der Waals surface area contributed by atoms with Gasteiger partial charge in [-0.1, -0.05) is 0 Å². The Labute approximate surface area is 107 Å². The predicted octanol–water partition coefficient (Wildman–Crippen LogP) is 3.46. The minimum atomic E-state index is -1.06. The lowest BCUT2D eigenvalue weighted by Gasteiger charge is -2.06. The number of hydrogen-bond acceptors (Lipinski definition) is 3. The highest BCUT2D eigenvalue weighted by Crippen LogP contribution is 2.32. The summed E-state index contributed by atoms with van der Waals surface area (Å²) in [6.07, 6.45) is 0. The maximum Gasteiger partial charge on any atom is 0.337 e. The van der Waals surface area contributed by atoms with E-state index >= 15 is 0 Å². The zero-order chi connectivity index (χ0) is 13.3. The monoisotopic (exact) mass is 264 g/mol. The van der Waals surface area contributed by atoms with Gasteiger partial charge < -0.3 is 5.11 Å². The van der Waals surface area contributed by atoms with Crippen LogP contribution in [-0.4, -0.2) is 16.9 Å². The van der Waals surface area contributed by atoms with Crippen molar-refractivity contribution in [2.75, 3.05) is 0 Å². The van der Waals surface area contributed by atoms with Gasteiger partial charge in [0.15, 0.2) is 5.78 Å². The Morgan fingerprint density at radius 3 is 2.56 bits per heavy atom. The summed E-state index contributed by atoms with van der Waals surface area (Å²) in [5.41, 5.74) is 0.769. The van der Waals surface area contributed by atoms with Crippen molar-refractivity contribution < 1.29 is 19.1 Å². The average Bonchev–Trinajstić information content (AvgIpc) is 2.77. The van der Waals surface area contributed by atoms with E-state index in [9.17, 15) is 14.0 Å². The molecular weight excluding hydrogens is 255 g/mol. The third kappa shape index (κ3) is 2.17. The standard InChI is InChI=1S/C13H9FO3S/c1-7(15)11-6-8(14)2-3-9(11)12-10(13(16)17)4-5-18-12/h2-6H,1H3,(H,16,17). The van der Waals surface area contributed by atoms with Crippen LogP contribution in [0, 0.1) is 5.82 Å². The van der Waals surface area contributed by atoms with Crippen LogP contribution >= 0.6 is 11.3 Å². The Balaban J connectivity index is 2.67. The van der Waals surface area contributed by atoms with Crippen LogP contribution in [0.1, 0.15) is 27.6 Å². The van der Waals surface area contributed by atoms with Gasteiger partial charge in [0.25, 0.3) is 0 Å². The van der Waals surface area contributed by atoms with Crippen LogP contribution in [-0.2, 0) is 0 Å². The zero-order valence-electron chi connectivity index (χ0n) is 9.44. The van der Waals surface area contributed by atoms with Crippen molar-refractivity contribution >= 4 is 23.1 Å². The van der Waals surface area contributed by atoms with E-state index in [1.165, 1.54) is 36.5 Å². The first-order chi connectivity index (χ1) is 8.50. The predicted molar refractivity (Wildman–Crippen MR) is 66.7 cm³/mol. The summed E-state index contributed by atoms with van der Waals surface area (Å²) in [6, 6.07) is 5.25.